The molecule has 0 N–H and O–H groups in total. The lowest BCUT2D eigenvalue weighted by Gasteiger charge is -2.10. The van der Waals surface area contributed by atoms with E-state index < -0.39 is 6.04 Å². The van der Waals surface area contributed by atoms with Crippen molar-refractivity contribution in [3.8, 4) is 0 Å². The van der Waals surface area contributed by atoms with Gasteiger partial charge in [0.2, 0.25) is 0 Å². The number of carbonyl (C=O) groups is 2. The zero-order valence-electron chi connectivity index (χ0n) is 8.25. The highest BCUT2D eigenvalue weighted by molar-refractivity contribution is 5.98. The van der Waals surface area contributed by atoms with Crippen molar-refractivity contribution in [2.75, 3.05) is 7.05 Å². The van der Waals surface area contributed by atoms with E-state index in [4.69, 9.17) is 0 Å². The van der Waals surface area contributed by atoms with Crippen LogP contribution in [0.3, 0.4) is 0 Å². The Bertz CT molecular complexity index is 440. The van der Waals surface area contributed by atoms with Gasteiger partial charge in [-0.2, -0.15) is 0 Å². The summed E-state index contributed by atoms with van der Waals surface area (Å²) in [7, 11) is 1.65. The molecule has 1 aromatic carbocycles. The molecule has 1 unspecified atom stereocenters. The number of hydrogen-bond donors (Lipinski definition) is 0. The molecule has 1 aromatic rings. The zero-order chi connectivity index (χ0) is 10.8. The molecule has 4 heteroatoms. The van der Waals surface area contributed by atoms with Gasteiger partial charge in [0.15, 0.2) is 6.04 Å². The fraction of sp³-hybridized carbons (Fsp3) is 0.182. The molecule has 0 saturated heterocycles. The Hall–Kier alpha value is -1.97. The lowest BCUT2D eigenvalue weighted by atomic mass is 10.0. The molecule has 1 heterocycles. The SMILES string of the molecule is CN1C=NC(c2ccccc2C=O)C1=O. The maximum atomic E-state index is 11.7. The van der Waals surface area contributed by atoms with Crippen LogP contribution in [0, 0.1) is 0 Å². The van der Waals surface area contributed by atoms with Crippen LogP contribution in [0.4, 0.5) is 0 Å². The van der Waals surface area contributed by atoms with Gasteiger partial charge in [-0.05, 0) is 5.56 Å². The minimum Gasteiger partial charge on any atom is -0.304 e. The van der Waals surface area contributed by atoms with E-state index in [0.717, 1.165) is 6.29 Å². The van der Waals surface area contributed by atoms with Crippen LogP contribution in [0.5, 0.6) is 0 Å². The second-order valence-electron chi connectivity index (χ2n) is 3.36. The van der Waals surface area contributed by atoms with E-state index >= 15 is 0 Å². The Labute approximate surface area is 87.2 Å². The molecule has 0 saturated carbocycles. The van der Waals surface area contributed by atoms with Crippen LogP contribution in [0.2, 0.25) is 0 Å². The fourth-order valence-corrected chi connectivity index (χ4v) is 1.56. The number of hydrogen-bond acceptors (Lipinski definition) is 3. The summed E-state index contributed by atoms with van der Waals surface area (Å²) in [5, 5.41) is 0. The van der Waals surface area contributed by atoms with Gasteiger partial charge in [0.05, 0.1) is 6.34 Å². The van der Waals surface area contributed by atoms with Crippen LogP contribution < -0.4 is 0 Å². The first-order valence-corrected chi connectivity index (χ1v) is 4.58. The van der Waals surface area contributed by atoms with E-state index in [1.165, 1.54) is 11.2 Å². The summed E-state index contributed by atoms with van der Waals surface area (Å²) in [6, 6.07) is 6.44. The Kier molecular flexibility index (Phi) is 2.33. The van der Waals surface area contributed by atoms with Crippen molar-refractivity contribution in [2.24, 2.45) is 4.99 Å². The summed E-state index contributed by atoms with van der Waals surface area (Å²) in [6.45, 7) is 0. The van der Waals surface area contributed by atoms with Gasteiger partial charge in [0, 0.05) is 12.6 Å². The minimum absolute atomic E-state index is 0.107. The molecule has 4 nitrogen and oxygen atoms in total. The molecule has 1 aliphatic heterocycles. The van der Waals surface area contributed by atoms with Crippen molar-refractivity contribution in [3.05, 3.63) is 35.4 Å². The van der Waals surface area contributed by atoms with Gasteiger partial charge < -0.3 is 4.90 Å². The normalized spacial score (nSPS) is 19.7. The summed E-state index contributed by atoms with van der Waals surface area (Å²) in [5.41, 5.74) is 1.18. The van der Waals surface area contributed by atoms with Crippen LogP contribution in [0.1, 0.15) is 22.0 Å². The van der Waals surface area contributed by atoms with Crippen LogP contribution in [0.25, 0.3) is 0 Å². The Morgan fingerprint density at radius 1 is 1.40 bits per heavy atom. The number of carbonyl (C=O) groups excluding carboxylic acids is 2. The number of likely N-dealkylation sites (N-methyl/N-ethyl adjacent to an activating group) is 1. The predicted octanol–water partition coefficient (Wildman–Crippen LogP) is 1.04. The number of amides is 1. The van der Waals surface area contributed by atoms with Crippen molar-refractivity contribution in [1.29, 1.82) is 0 Å². The number of aliphatic imine (C=N–C) groups is 1. The van der Waals surface area contributed by atoms with E-state index in [9.17, 15) is 9.59 Å². The van der Waals surface area contributed by atoms with Crippen LogP contribution in [0.15, 0.2) is 29.3 Å². The number of rotatable bonds is 2. The van der Waals surface area contributed by atoms with E-state index in [2.05, 4.69) is 4.99 Å². The molecule has 0 radical (unpaired) electrons. The maximum absolute atomic E-state index is 11.7. The van der Waals surface area contributed by atoms with Crippen molar-refractivity contribution in [1.82, 2.24) is 4.90 Å². The van der Waals surface area contributed by atoms with Crippen LogP contribution in [-0.4, -0.2) is 30.5 Å². The molecule has 0 fully saturated rings. The average molecular weight is 202 g/mol. The minimum atomic E-state index is -0.559. The first-order chi connectivity index (χ1) is 7.24. The van der Waals surface area contributed by atoms with Crippen molar-refractivity contribution in [2.45, 2.75) is 6.04 Å². The van der Waals surface area contributed by atoms with Crippen LogP contribution in [-0.2, 0) is 4.79 Å². The van der Waals surface area contributed by atoms with Gasteiger partial charge in [-0.25, -0.2) is 0 Å². The zero-order valence-corrected chi connectivity index (χ0v) is 8.25. The predicted molar refractivity (Wildman–Crippen MR) is 55.8 cm³/mol. The van der Waals surface area contributed by atoms with Crippen molar-refractivity contribution >= 4 is 18.5 Å². The molecule has 0 aliphatic carbocycles. The molecular formula is C11H10N2O2. The van der Waals surface area contributed by atoms with Gasteiger partial charge >= 0.3 is 0 Å². The second-order valence-corrected chi connectivity index (χ2v) is 3.36. The third-order valence-electron chi connectivity index (χ3n) is 2.39. The smallest absolute Gasteiger partial charge is 0.256 e. The van der Waals surface area contributed by atoms with E-state index in [-0.39, 0.29) is 5.91 Å². The molecule has 0 aromatic heterocycles. The van der Waals surface area contributed by atoms with Gasteiger partial charge in [-0.1, -0.05) is 24.3 Å². The summed E-state index contributed by atoms with van der Waals surface area (Å²) >= 11 is 0. The molecular weight excluding hydrogens is 192 g/mol. The molecule has 0 spiro atoms. The molecule has 1 atom stereocenters. The second kappa shape index (κ2) is 3.65. The molecule has 0 bridgehead atoms. The summed E-state index contributed by atoms with van der Waals surface area (Å²) in [4.78, 5) is 27.9. The highest BCUT2D eigenvalue weighted by Crippen LogP contribution is 2.25. The third kappa shape index (κ3) is 1.54. The first kappa shape index (κ1) is 9.58. The summed E-state index contributed by atoms with van der Waals surface area (Å²) in [6.07, 6.45) is 2.23. The monoisotopic (exact) mass is 202 g/mol. The topological polar surface area (TPSA) is 49.7 Å². The molecule has 76 valence electrons. The van der Waals surface area contributed by atoms with Crippen molar-refractivity contribution < 1.29 is 9.59 Å². The molecule has 1 aliphatic rings. The molecule has 2 rings (SSSR count). The largest absolute Gasteiger partial charge is 0.304 e. The van der Waals surface area contributed by atoms with Crippen LogP contribution >= 0.6 is 0 Å². The highest BCUT2D eigenvalue weighted by atomic mass is 16.2. The van der Waals surface area contributed by atoms with E-state index in [1.54, 1.807) is 31.3 Å². The quantitative estimate of drug-likeness (QED) is 0.673. The number of benzene rings is 1. The lowest BCUT2D eigenvalue weighted by molar-refractivity contribution is -0.126. The summed E-state index contributed by atoms with van der Waals surface area (Å²) in [5.74, 6) is -0.107. The van der Waals surface area contributed by atoms with E-state index in [0.29, 0.717) is 11.1 Å². The maximum Gasteiger partial charge on any atom is 0.256 e. The van der Waals surface area contributed by atoms with Gasteiger partial charge in [-0.3, -0.25) is 14.6 Å². The highest BCUT2D eigenvalue weighted by Gasteiger charge is 2.28. The van der Waals surface area contributed by atoms with Crippen molar-refractivity contribution in [3.63, 3.8) is 0 Å². The van der Waals surface area contributed by atoms with Gasteiger partial charge in [-0.15, -0.1) is 0 Å². The standard InChI is InChI=1S/C11H10N2O2/c1-13-7-12-10(11(13)15)9-5-3-2-4-8(9)6-14/h2-7,10H,1H3. The Morgan fingerprint density at radius 2 is 2.13 bits per heavy atom. The number of aldehydes is 1. The fourth-order valence-electron chi connectivity index (χ4n) is 1.56. The lowest BCUT2D eigenvalue weighted by Crippen LogP contribution is -2.23. The van der Waals surface area contributed by atoms with Gasteiger partial charge in [0.25, 0.3) is 5.91 Å². The first-order valence-electron chi connectivity index (χ1n) is 4.58. The number of nitrogens with zero attached hydrogens (tertiary/aromatic N) is 2. The Balaban J connectivity index is 2.42. The summed E-state index contributed by atoms with van der Waals surface area (Å²) < 4.78 is 0. The Morgan fingerprint density at radius 3 is 2.73 bits per heavy atom. The molecule has 15 heavy (non-hydrogen) atoms. The third-order valence-corrected chi connectivity index (χ3v) is 2.39. The van der Waals surface area contributed by atoms with Gasteiger partial charge in [0.1, 0.15) is 6.29 Å². The van der Waals surface area contributed by atoms with E-state index in [1.807, 2.05) is 0 Å². The average Bonchev–Trinajstić information content (AvgIpc) is 2.60. The molecule has 1 amide bonds.